The van der Waals surface area contributed by atoms with Crippen LogP contribution in [0.15, 0.2) is 42.5 Å². The number of esters is 1. The summed E-state index contributed by atoms with van der Waals surface area (Å²) in [5, 5.41) is 0. The maximum absolute atomic E-state index is 15.0. The number of hydrogen-bond donors (Lipinski definition) is 0. The third-order valence-corrected chi connectivity index (χ3v) is 7.17. The molecule has 0 radical (unpaired) electrons. The number of rotatable bonds is 8. The summed E-state index contributed by atoms with van der Waals surface area (Å²) < 4.78 is 53.7. The number of alkyl halides is 2. The molecule has 0 aliphatic carbocycles. The van der Waals surface area contributed by atoms with Crippen LogP contribution in [0.2, 0.25) is 0 Å². The molecule has 0 saturated carbocycles. The van der Waals surface area contributed by atoms with Gasteiger partial charge in [0.15, 0.2) is 0 Å². The lowest BCUT2D eigenvalue weighted by Crippen LogP contribution is -2.41. The Balaban J connectivity index is 1.43. The molecule has 2 aromatic carbocycles. The van der Waals surface area contributed by atoms with Gasteiger partial charge < -0.3 is 19.3 Å². The van der Waals surface area contributed by atoms with Crippen molar-refractivity contribution in [2.75, 3.05) is 39.9 Å². The summed E-state index contributed by atoms with van der Waals surface area (Å²) in [5.41, 5.74) is -0.485. The van der Waals surface area contributed by atoms with Crippen LogP contribution in [-0.2, 0) is 9.53 Å². The molecule has 0 unspecified atom stereocenters. The Hall–Kier alpha value is -3.07. The standard InChI is InChI=1S/C29H35F3N2O4/c1-29(2,32)18-33-13-11-19(12-14-33)17-38-22-9-7-20(8-10-22)23-5-4-6-24(31)26(23)27(35)34-16-21(30)15-25(34)28(36)37-3/h4-10,19,21,25H,11-18H2,1-3H3/t21-,25-/m0/s1. The zero-order valence-electron chi connectivity index (χ0n) is 22.1. The molecule has 2 aliphatic heterocycles. The van der Waals surface area contributed by atoms with Crippen molar-refractivity contribution in [2.24, 2.45) is 5.92 Å². The first kappa shape index (κ1) is 28.0. The number of carbonyl (C=O) groups is 2. The van der Waals surface area contributed by atoms with E-state index in [0.717, 1.165) is 30.8 Å². The van der Waals surface area contributed by atoms with E-state index in [0.29, 0.717) is 35.9 Å². The van der Waals surface area contributed by atoms with Gasteiger partial charge in [0, 0.05) is 13.0 Å². The summed E-state index contributed by atoms with van der Waals surface area (Å²) in [4.78, 5) is 28.7. The van der Waals surface area contributed by atoms with E-state index < -0.39 is 35.6 Å². The SMILES string of the molecule is COC(=O)[C@@H]1C[C@H](F)CN1C(=O)c1c(F)cccc1-c1ccc(OCC2CCN(CC(C)(C)F)CC2)cc1. The smallest absolute Gasteiger partial charge is 0.328 e. The lowest BCUT2D eigenvalue weighted by Gasteiger charge is -2.34. The minimum atomic E-state index is -1.39. The van der Waals surface area contributed by atoms with E-state index in [4.69, 9.17) is 9.47 Å². The third kappa shape index (κ3) is 6.67. The summed E-state index contributed by atoms with van der Waals surface area (Å²) in [6, 6.07) is 10.2. The number of piperidine rings is 1. The van der Waals surface area contributed by atoms with Crippen molar-refractivity contribution in [3.05, 3.63) is 53.8 Å². The fourth-order valence-electron chi connectivity index (χ4n) is 5.28. The second kappa shape index (κ2) is 11.8. The monoisotopic (exact) mass is 532 g/mol. The van der Waals surface area contributed by atoms with Gasteiger partial charge in [0.25, 0.3) is 5.91 Å². The van der Waals surface area contributed by atoms with Crippen LogP contribution in [0.25, 0.3) is 11.1 Å². The van der Waals surface area contributed by atoms with E-state index in [9.17, 15) is 22.8 Å². The Labute approximate surface area is 221 Å². The molecule has 2 aliphatic rings. The van der Waals surface area contributed by atoms with Crippen LogP contribution in [-0.4, -0.2) is 79.5 Å². The zero-order chi connectivity index (χ0) is 27.4. The average Bonchev–Trinajstić information content (AvgIpc) is 3.28. The second-order valence-corrected chi connectivity index (χ2v) is 10.8. The summed E-state index contributed by atoms with van der Waals surface area (Å²) in [7, 11) is 1.17. The molecule has 2 aromatic rings. The largest absolute Gasteiger partial charge is 0.493 e. The zero-order valence-corrected chi connectivity index (χ0v) is 22.1. The normalized spacial score (nSPS) is 20.9. The van der Waals surface area contributed by atoms with Crippen molar-refractivity contribution >= 4 is 11.9 Å². The van der Waals surface area contributed by atoms with Gasteiger partial charge in [-0.15, -0.1) is 0 Å². The molecular formula is C29H35F3N2O4. The minimum Gasteiger partial charge on any atom is -0.493 e. The molecule has 206 valence electrons. The first-order valence-corrected chi connectivity index (χ1v) is 13.0. The van der Waals surface area contributed by atoms with Gasteiger partial charge in [-0.2, -0.15) is 0 Å². The van der Waals surface area contributed by atoms with Gasteiger partial charge >= 0.3 is 5.97 Å². The molecule has 2 fully saturated rings. The highest BCUT2D eigenvalue weighted by molar-refractivity contribution is 6.03. The van der Waals surface area contributed by atoms with Gasteiger partial charge in [0.05, 0.1) is 25.8 Å². The molecule has 2 atom stereocenters. The summed E-state index contributed by atoms with van der Waals surface area (Å²) >= 11 is 0. The van der Waals surface area contributed by atoms with Crippen LogP contribution in [0.4, 0.5) is 13.2 Å². The van der Waals surface area contributed by atoms with Crippen molar-refractivity contribution in [1.29, 1.82) is 0 Å². The second-order valence-electron chi connectivity index (χ2n) is 10.8. The Kier molecular flexibility index (Phi) is 8.65. The number of likely N-dealkylation sites (tertiary alicyclic amines) is 2. The molecule has 0 spiro atoms. The molecular weight excluding hydrogens is 497 g/mol. The van der Waals surface area contributed by atoms with Gasteiger partial charge in [-0.1, -0.05) is 24.3 Å². The Bertz CT molecular complexity index is 1130. The quantitative estimate of drug-likeness (QED) is 0.445. The van der Waals surface area contributed by atoms with E-state index in [1.807, 2.05) is 0 Å². The van der Waals surface area contributed by atoms with Crippen LogP contribution in [0.5, 0.6) is 5.75 Å². The van der Waals surface area contributed by atoms with Crippen molar-refractivity contribution in [2.45, 2.75) is 51.0 Å². The highest BCUT2D eigenvalue weighted by atomic mass is 19.1. The van der Waals surface area contributed by atoms with Crippen LogP contribution in [0.3, 0.4) is 0 Å². The van der Waals surface area contributed by atoms with Gasteiger partial charge in [0.1, 0.15) is 29.4 Å². The van der Waals surface area contributed by atoms with E-state index in [1.54, 1.807) is 44.2 Å². The Morgan fingerprint density at radius 3 is 2.39 bits per heavy atom. The number of hydrogen-bond acceptors (Lipinski definition) is 5. The van der Waals surface area contributed by atoms with Crippen LogP contribution >= 0.6 is 0 Å². The molecule has 1 amide bonds. The van der Waals surface area contributed by atoms with Gasteiger partial charge in [-0.3, -0.25) is 4.79 Å². The van der Waals surface area contributed by atoms with Crippen molar-refractivity contribution in [3.8, 4) is 16.9 Å². The summed E-state index contributed by atoms with van der Waals surface area (Å²) in [6.45, 7) is 5.55. The van der Waals surface area contributed by atoms with Crippen molar-refractivity contribution in [1.82, 2.24) is 9.80 Å². The van der Waals surface area contributed by atoms with Gasteiger partial charge in [-0.05, 0) is 75.0 Å². The van der Waals surface area contributed by atoms with Crippen molar-refractivity contribution in [3.63, 3.8) is 0 Å². The van der Waals surface area contributed by atoms with E-state index >= 15 is 0 Å². The number of amides is 1. The molecule has 0 aromatic heterocycles. The van der Waals surface area contributed by atoms with Gasteiger partial charge in [0.2, 0.25) is 0 Å². The van der Waals surface area contributed by atoms with Gasteiger partial charge in [-0.25, -0.2) is 18.0 Å². The molecule has 6 nitrogen and oxygen atoms in total. The number of ether oxygens (including phenoxy) is 2. The first-order valence-electron chi connectivity index (χ1n) is 13.0. The highest BCUT2D eigenvalue weighted by Gasteiger charge is 2.42. The molecule has 9 heteroatoms. The predicted molar refractivity (Wildman–Crippen MR) is 138 cm³/mol. The number of nitrogens with zero attached hydrogens (tertiary/aromatic N) is 2. The Morgan fingerprint density at radius 1 is 1.08 bits per heavy atom. The molecule has 4 rings (SSSR count). The molecule has 2 saturated heterocycles. The lowest BCUT2D eigenvalue weighted by atomic mass is 9.96. The van der Waals surface area contributed by atoms with E-state index in [2.05, 4.69) is 4.90 Å². The molecule has 2 heterocycles. The average molecular weight is 533 g/mol. The Morgan fingerprint density at radius 2 is 1.76 bits per heavy atom. The maximum Gasteiger partial charge on any atom is 0.328 e. The molecule has 0 N–H and O–H groups in total. The highest BCUT2D eigenvalue weighted by Crippen LogP contribution is 2.32. The summed E-state index contributed by atoms with van der Waals surface area (Å²) in [5.74, 6) is -1.20. The minimum absolute atomic E-state index is 0.179. The van der Waals surface area contributed by atoms with Crippen LogP contribution < -0.4 is 4.74 Å². The number of halogens is 3. The maximum atomic E-state index is 15.0. The molecule has 38 heavy (non-hydrogen) atoms. The topological polar surface area (TPSA) is 59.1 Å². The first-order chi connectivity index (χ1) is 18.1. The fraction of sp³-hybridized carbons (Fsp3) is 0.517. The van der Waals surface area contributed by atoms with E-state index in [-0.39, 0.29) is 18.5 Å². The predicted octanol–water partition coefficient (Wildman–Crippen LogP) is 5.06. The summed E-state index contributed by atoms with van der Waals surface area (Å²) in [6.07, 6.45) is 0.302. The fourth-order valence-corrected chi connectivity index (χ4v) is 5.28. The molecule has 0 bridgehead atoms. The van der Waals surface area contributed by atoms with Crippen LogP contribution in [0.1, 0.15) is 43.5 Å². The van der Waals surface area contributed by atoms with Crippen LogP contribution in [0, 0.1) is 11.7 Å². The lowest BCUT2D eigenvalue weighted by molar-refractivity contribution is -0.145. The van der Waals surface area contributed by atoms with E-state index in [1.165, 1.54) is 19.2 Å². The van der Waals surface area contributed by atoms with Crippen molar-refractivity contribution < 1.29 is 32.2 Å². The number of benzene rings is 2. The number of methoxy groups -OCH3 is 1. The third-order valence-electron chi connectivity index (χ3n) is 7.17. The number of carbonyl (C=O) groups excluding carboxylic acids is 2.